The molecule has 0 radical (unpaired) electrons. The minimum Gasteiger partial charge on any atom is -0.490 e. The molecule has 0 bridgehead atoms. The van der Waals surface area contributed by atoms with Gasteiger partial charge >= 0.3 is 0 Å². The summed E-state index contributed by atoms with van der Waals surface area (Å²) in [6.07, 6.45) is 3.59. The summed E-state index contributed by atoms with van der Waals surface area (Å²) in [7, 11) is 0. The number of amides is 1. The van der Waals surface area contributed by atoms with Crippen molar-refractivity contribution in [2.24, 2.45) is 0 Å². The van der Waals surface area contributed by atoms with E-state index in [0.29, 0.717) is 23.6 Å². The highest BCUT2D eigenvalue weighted by molar-refractivity contribution is 5.89. The number of para-hydroxylation sites is 2. The third-order valence-electron chi connectivity index (χ3n) is 5.95. The average molecular weight is 446 g/mol. The third kappa shape index (κ3) is 4.82. The number of hydrogen-bond acceptors (Lipinski definition) is 8. The molecule has 0 aliphatic carbocycles. The van der Waals surface area contributed by atoms with Crippen molar-refractivity contribution in [3.05, 3.63) is 54.9 Å². The van der Waals surface area contributed by atoms with Gasteiger partial charge in [-0.3, -0.25) is 4.79 Å². The van der Waals surface area contributed by atoms with E-state index in [-0.39, 0.29) is 5.91 Å². The zero-order chi connectivity index (χ0) is 22.6. The van der Waals surface area contributed by atoms with E-state index in [0.717, 1.165) is 50.5 Å². The van der Waals surface area contributed by atoms with E-state index in [1.165, 1.54) is 18.9 Å². The molecule has 170 valence electrons. The van der Waals surface area contributed by atoms with Gasteiger partial charge in [0.15, 0.2) is 0 Å². The van der Waals surface area contributed by atoms with Gasteiger partial charge in [-0.1, -0.05) is 18.2 Å². The molecule has 2 aliphatic rings. The van der Waals surface area contributed by atoms with Crippen molar-refractivity contribution in [1.29, 1.82) is 0 Å². The second kappa shape index (κ2) is 9.32. The first kappa shape index (κ1) is 21.0. The van der Waals surface area contributed by atoms with Gasteiger partial charge in [-0.05, 0) is 43.2 Å². The Balaban J connectivity index is 1.23. The largest absolute Gasteiger partial charge is 0.490 e. The van der Waals surface area contributed by atoms with E-state index in [1.54, 1.807) is 0 Å². The number of rotatable bonds is 5. The van der Waals surface area contributed by atoms with E-state index in [4.69, 9.17) is 4.74 Å². The van der Waals surface area contributed by atoms with Crippen LogP contribution in [0.3, 0.4) is 0 Å². The molecule has 3 aromatic rings. The molecule has 1 saturated heterocycles. The van der Waals surface area contributed by atoms with E-state index >= 15 is 0 Å². The number of nitrogens with zero attached hydrogens (tertiary/aromatic N) is 5. The molecule has 1 amide bonds. The van der Waals surface area contributed by atoms with Crippen molar-refractivity contribution in [1.82, 2.24) is 15.0 Å². The summed E-state index contributed by atoms with van der Waals surface area (Å²) in [4.78, 5) is 29.3. The first-order valence-corrected chi connectivity index (χ1v) is 11.2. The summed E-state index contributed by atoms with van der Waals surface area (Å²) in [5.41, 5.74) is 2.70. The van der Waals surface area contributed by atoms with Crippen molar-refractivity contribution in [3.63, 3.8) is 0 Å². The molecular weight excluding hydrogens is 418 g/mol. The molecule has 33 heavy (non-hydrogen) atoms. The molecule has 0 unspecified atom stereocenters. The van der Waals surface area contributed by atoms with Gasteiger partial charge in [-0.15, -0.1) is 0 Å². The van der Waals surface area contributed by atoms with E-state index < -0.39 is 0 Å². The minimum atomic E-state index is -0.112. The number of nitrogens with one attached hydrogen (secondary N) is 2. The fourth-order valence-corrected chi connectivity index (χ4v) is 4.46. The Bertz CT molecular complexity index is 1130. The van der Waals surface area contributed by atoms with E-state index in [2.05, 4.69) is 47.5 Å². The van der Waals surface area contributed by atoms with Crippen molar-refractivity contribution >= 4 is 34.9 Å². The average Bonchev–Trinajstić information content (AvgIpc) is 2.84. The second-order valence-electron chi connectivity index (χ2n) is 8.22. The van der Waals surface area contributed by atoms with Gasteiger partial charge in [-0.2, -0.15) is 4.98 Å². The normalized spacial score (nSPS) is 16.0. The number of ether oxygens (including phenoxy) is 1. The van der Waals surface area contributed by atoms with E-state index in [1.807, 2.05) is 36.4 Å². The molecule has 2 aliphatic heterocycles. The quantitative estimate of drug-likeness (QED) is 0.617. The smallest absolute Gasteiger partial charge is 0.231 e. The zero-order valence-corrected chi connectivity index (χ0v) is 18.6. The van der Waals surface area contributed by atoms with Crippen molar-refractivity contribution in [3.8, 4) is 5.75 Å². The lowest BCUT2D eigenvalue weighted by atomic mass is 10.0. The van der Waals surface area contributed by atoms with Crippen LogP contribution in [0.4, 0.5) is 29.0 Å². The number of benzene rings is 2. The molecule has 5 rings (SSSR count). The summed E-state index contributed by atoms with van der Waals surface area (Å²) >= 11 is 0. The highest BCUT2D eigenvalue weighted by Crippen LogP contribution is 2.35. The van der Waals surface area contributed by atoms with Gasteiger partial charge in [0.05, 0.1) is 12.2 Å². The predicted octanol–water partition coefficient (Wildman–Crippen LogP) is 3.44. The molecule has 9 nitrogen and oxygen atoms in total. The lowest BCUT2D eigenvalue weighted by Crippen LogP contribution is -2.48. The number of carbonyl (C=O) groups is 1. The Morgan fingerprint density at radius 2 is 1.85 bits per heavy atom. The van der Waals surface area contributed by atoms with Crippen LogP contribution in [0.25, 0.3) is 0 Å². The Morgan fingerprint density at radius 3 is 2.70 bits per heavy atom. The molecular formula is C24H27N7O2. The molecule has 9 heteroatoms. The Hall–Kier alpha value is -3.88. The van der Waals surface area contributed by atoms with Crippen LogP contribution in [0, 0.1) is 0 Å². The number of fused-ring (bicyclic) bond motifs is 1. The topological polar surface area (TPSA) is 95.5 Å². The van der Waals surface area contributed by atoms with Crippen molar-refractivity contribution < 1.29 is 9.53 Å². The van der Waals surface area contributed by atoms with Gasteiger partial charge in [0.2, 0.25) is 17.8 Å². The number of anilines is 5. The minimum absolute atomic E-state index is 0.112. The number of piperidine rings is 1. The number of aromatic nitrogens is 3. The monoisotopic (exact) mass is 445 g/mol. The maximum absolute atomic E-state index is 11.3. The lowest BCUT2D eigenvalue weighted by Gasteiger charge is -2.42. The van der Waals surface area contributed by atoms with Gasteiger partial charge in [0.1, 0.15) is 18.7 Å². The molecule has 3 heterocycles. The zero-order valence-electron chi connectivity index (χ0n) is 18.6. The van der Waals surface area contributed by atoms with Crippen molar-refractivity contribution in [2.45, 2.75) is 25.8 Å². The maximum atomic E-state index is 11.3. The first-order valence-electron chi connectivity index (χ1n) is 11.2. The number of carbonyl (C=O) groups excluding carboxylic acids is 1. The molecule has 2 aromatic carbocycles. The van der Waals surface area contributed by atoms with Crippen LogP contribution in [0.1, 0.15) is 19.8 Å². The summed E-state index contributed by atoms with van der Waals surface area (Å²) in [5.74, 6) is 2.01. The van der Waals surface area contributed by atoms with Gasteiger partial charge < -0.3 is 25.2 Å². The Labute approximate surface area is 192 Å². The van der Waals surface area contributed by atoms with Crippen LogP contribution in [0.2, 0.25) is 0 Å². The summed E-state index contributed by atoms with van der Waals surface area (Å²) in [6.45, 7) is 4.89. The van der Waals surface area contributed by atoms with Gasteiger partial charge in [0.25, 0.3) is 0 Å². The second-order valence-corrected chi connectivity index (χ2v) is 8.22. The standard InChI is InChI=1S/C24H27N7O2/c1-17(32)27-18-5-4-6-19(15-18)28-23-25-16-26-24(29-23)30-11-9-20(10-12-30)31-13-14-33-22-8-3-2-7-21(22)31/h2-8,15-16,20H,9-14H2,1H3,(H,27,32)(H,25,26,28,29). The van der Waals surface area contributed by atoms with Crippen LogP contribution < -0.4 is 25.2 Å². The summed E-state index contributed by atoms with van der Waals surface area (Å²) in [6, 6.07) is 16.2. The molecule has 1 fully saturated rings. The van der Waals surface area contributed by atoms with Crippen molar-refractivity contribution in [2.75, 3.05) is 46.7 Å². The fourth-order valence-electron chi connectivity index (χ4n) is 4.46. The Morgan fingerprint density at radius 1 is 1.03 bits per heavy atom. The maximum Gasteiger partial charge on any atom is 0.231 e. The number of hydrogen-bond donors (Lipinski definition) is 2. The third-order valence-corrected chi connectivity index (χ3v) is 5.95. The highest BCUT2D eigenvalue weighted by atomic mass is 16.5. The lowest BCUT2D eigenvalue weighted by molar-refractivity contribution is -0.114. The summed E-state index contributed by atoms with van der Waals surface area (Å²) in [5, 5.41) is 5.99. The molecule has 0 saturated carbocycles. The van der Waals surface area contributed by atoms with Crippen LogP contribution in [-0.4, -0.2) is 53.1 Å². The molecule has 2 N–H and O–H groups in total. The SMILES string of the molecule is CC(=O)Nc1cccc(Nc2ncnc(N3CCC(N4CCOc5ccccc54)CC3)n2)c1. The molecule has 0 spiro atoms. The van der Waals surface area contributed by atoms with Crippen LogP contribution >= 0.6 is 0 Å². The highest BCUT2D eigenvalue weighted by Gasteiger charge is 2.29. The Kier molecular flexibility index (Phi) is 5.93. The van der Waals surface area contributed by atoms with E-state index in [9.17, 15) is 4.79 Å². The van der Waals surface area contributed by atoms with Crippen LogP contribution in [0.5, 0.6) is 5.75 Å². The fraction of sp³-hybridized carbons (Fsp3) is 0.333. The van der Waals surface area contributed by atoms with Crippen LogP contribution in [-0.2, 0) is 4.79 Å². The summed E-state index contributed by atoms with van der Waals surface area (Å²) < 4.78 is 5.82. The molecule has 0 atom stereocenters. The van der Waals surface area contributed by atoms with Gasteiger partial charge in [-0.25, -0.2) is 9.97 Å². The van der Waals surface area contributed by atoms with Crippen LogP contribution in [0.15, 0.2) is 54.9 Å². The predicted molar refractivity (Wildman–Crippen MR) is 128 cm³/mol. The van der Waals surface area contributed by atoms with Gasteiger partial charge in [0, 0.05) is 37.4 Å². The first-order chi connectivity index (χ1) is 16.2. The molecule has 1 aromatic heterocycles.